The molecule has 0 saturated carbocycles. The first-order valence-electron chi connectivity index (χ1n) is 4.26. The number of hydrogen-bond donors (Lipinski definition) is 1. The summed E-state index contributed by atoms with van der Waals surface area (Å²) in [4.78, 5) is 2.57. The van der Waals surface area contributed by atoms with E-state index in [0.717, 1.165) is 0 Å². The maximum atomic E-state index is 3.48. The van der Waals surface area contributed by atoms with Gasteiger partial charge in [0.1, 0.15) is 0 Å². The van der Waals surface area contributed by atoms with Crippen molar-refractivity contribution >= 4 is 0 Å². The summed E-state index contributed by atoms with van der Waals surface area (Å²) in [5, 5.41) is 3.48. The van der Waals surface area contributed by atoms with E-state index in [1.54, 1.807) is 0 Å². The molecule has 3 saturated heterocycles. The Bertz CT molecular complexity index is 111. The molecule has 58 valence electrons. The van der Waals surface area contributed by atoms with Crippen molar-refractivity contribution < 1.29 is 0 Å². The summed E-state index contributed by atoms with van der Waals surface area (Å²) in [6.45, 7) is 3.96. The summed E-state index contributed by atoms with van der Waals surface area (Å²) in [6, 6.07) is 0. The predicted octanol–water partition coefficient (Wildman–Crippen LogP) is 0.444. The van der Waals surface area contributed by atoms with Crippen LogP contribution < -0.4 is 5.32 Å². The van der Waals surface area contributed by atoms with E-state index in [1.165, 1.54) is 38.9 Å². The second-order valence-electron chi connectivity index (χ2n) is 3.62. The molecule has 0 aromatic carbocycles. The van der Waals surface area contributed by atoms with Gasteiger partial charge in [0.2, 0.25) is 0 Å². The Morgan fingerprint density at radius 1 is 1.10 bits per heavy atom. The van der Waals surface area contributed by atoms with Crippen LogP contribution in [0.3, 0.4) is 0 Å². The molecular formula is C8H16N2. The molecule has 1 N–H and O–H groups in total. The zero-order valence-electron chi connectivity index (χ0n) is 6.69. The van der Waals surface area contributed by atoms with Crippen LogP contribution in [0.4, 0.5) is 0 Å². The lowest BCUT2D eigenvalue weighted by Crippen LogP contribution is -2.58. The molecule has 3 heterocycles. The maximum Gasteiger partial charge on any atom is 0.0215 e. The quantitative estimate of drug-likeness (QED) is 0.568. The minimum absolute atomic E-state index is 0.536. The van der Waals surface area contributed by atoms with Crippen molar-refractivity contribution in [1.29, 1.82) is 0 Å². The Morgan fingerprint density at radius 2 is 1.60 bits per heavy atom. The van der Waals surface area contributed by atoms with Crippen molar-refractivity contribution in [2.75, 3.05) is 26.7 Å². The number of fused-ring (bicyclic) bond motifs is 3. The van der Waals surface area contributed by atoms with E-state index in [1.807, 2.05) is 0 Å². The number of piperidine rings is 3. The van der Waals surface area contributed by atoms with Crippen LogP contribution in [0.5, 0.6) is 0 Å². The van der Waals surface area contributed by atoms with Crippen LogP contribution in [0.1, 0.15) is 19.3 Å². The van der Waals surface area contributed by atoms with Crippen molar-refractivity contribution in [1.82, 2.24) is 10.2 Å². The van der Waals surface area contributed by atoms with Crippen molar-refractivity contribution in [2.24, 2.45) is 0 Å². The molecule has 0 aromatic heterocycles. The highest BCUT2D eigenvalue weighted by Gasteiger charge is 2.37. The van der Waals surface area contributed by atoms with Gasteiger partial charge in [-0.25, -0.2) is 0 Å². The molecule has 3 aliphatic rings. The summed E-state index contributed by atoms with van der Waals surface area (Å²) in [5.41, 5.74) is 0.536. The summed E-state index contributed by atoms with van der Waals surface area (Å²) >= 11 is 0. The Balaban J connectivity index is 2.08. The topological polar surface area (TPSA) is 15.3 Å². The van der Waals surface area contributed by atoms with Crippen LogP contribution in [0.15, 0.2) is 0 Å². The molecule has 0 unspecified atom stereocenters. The SMILES string of the molecule is CNC12CCN(CC1)CC2. The minimum atomic E-state index is 0.536. The summed E-state index contributed by atoms with van der Waals surface area (Å²) in [5.74, 6) is 0. The van der Waals surface area contributed by atoms with E-state index in [-0.39, 0.29) is 0 Å². The molecule has 0 aromatic rings. The average Bonchev–Trinajstić information content (AvgIpc) is 2.08. The molecule has 3 aliphatic heterocycles. The first-order valence-corrected chi connectivity index (χ1v) is 4.26. The standard InChI is InChI=1S/C8H16N2/c1-9-8-2-5-10(6-3-8)7-4-8/h9H,2-7H2,1H3. The Hall–Kier alpha value is -0.0800. The molecule has 0 radical (unpaired) electrons. The number of nitrogens with zero attached hydrogens (tertiary/aromatic N) is 1. The molecule has 0 spiro atoms. The normalized spacial score (nSPS) is 45.9. The Morgan fingerprint density at radius 3 is 1.90 bits per heavy atom. The monoisotopic (exact) mass is 140 g/mol. The lowest BCUT2D eigenvalue weighted by atomic mass is 9.80. The Labute approximate surface area is 62.6 Å². The predicted molar refractivity (Wildman–Crippen MR) is 42.1 cm³/mol. The molecular weight excluding hydrogens is 124 g/mol. The van der Waals surface area contributed by atoms with Gasteiger partial charge in [0.15, 0.2) is 0 Å². The summed E-state index contributed by atoms with van der Waals surface area (Å²) in [7, 11) is 2.11. The van der Waals surface area contributed by atoms with E-state index in [9.17, 15) is 0 Å². The lowest BCUT2D eigenvalue weighted by Gasteiger charge is -2.48. The first kappa shape index (κ1) is 6.62. The third kappa shape index (κ3) is 0.867. The number of hydrogen-bond acceptors (Lipinski definition) is 2. The molecule has 3 rings (SSSR count). The fraction of sp³-hybridized carbons (Fsp3) is 1.00. The van der Waals surface area contributed by atoms with Gasteiger partial charge in [0.05, 0.1) is 0 Å². The summed E-state index contributed by atoms with van der Waals surface area (Å²) in [6.07, 6.45) is 4.09. The van der Waals surface area contributed by atoms with Gasteiger partial charge >= 0.3 is 0 Å². The van der Waals surface area contributed by atoms with Crippen LogP contribution in [0.25, 0.3) is 0 Å². The highest BCUT2D eigenvalue weighted by molar-refractivity contribution is 4.97. The van der Waals surface area contributed by atoms with Gasteiger partial charge in [-0.05, 0) is 45.9 Å². The van der Waals surface area contributed by atoms with Gasteiger partial charge in [-0.15, -0.1) is 0 Å². The summed E-state index contributed by atoms with van der Waals surface area (Å²) < 4.78 is 0. The second-order valence-corrected chi connectivity index (χ2v) is 3.62. The molecule has 0 atom stereocenters. The number of nitrogens with one attached hydrogen (secondary N) is 1. The van der Waals surface area contributed by atoms with Crippen LogP contribution in [-0.2, 0) is 0 Å². The second kappa shape index (κ2) is 2.21. The molecule has 0 amide bonds. The molecule has 10 heavy (non-hydrogen) atoms. The maximum absolute atomic E-state index is 3.48. The van der Waals surface area contributed by atoms with Gasteiger partial charge in [-0.1, -0.05) is 0 Å². The minimum Gasteiger partial charge on any atom is -0.314 e. The van der Waals surface area contributed by atoms with Gasteiger partial charge in [-0.3, -0.25) is 0 Å². The van der Waals surface area contributed by atoms with Crippen LogP contribution >= 0.6 is 0 Å². The smallest absolute Gasteiger partial charge is 0.0215 e. The third-order valence-corrected chi connectivity index (χ3v) is 3.25. The zero-order chi connectivity index (χ0) is 7.03. The van der Waals surface area contributed by atoms with E-state index < -0.39 is 0 Å². The van der Waals surface area contributed by atoms with Crippen molar-refractivity contribution in [3.63, 3.8) is 0 Å². The average molecular weight is 140 g/mol. The first-order chi connectivity index (χ1) is 4.85. The van der Waals surface area contributed by atoms with Gasteiger partial charge in [0, 0.05) is 5.54 Å². The number of rotatable bonds is 1. The van der Waals surface area contributed by atoms with Crippen molar-refractivity contribution in [3.8, 4) is 0 Å². The van der Waals surface area contributed by atoms with Crippen LogP contribution in [0.2, 0.25) is 0 Å². The highest BCUT2D eigenvalue weighted by Crippen LogP contribution is 2.30. The highest BCUT2D eigenvalue weighted by atomic mass is 15.2. The van der Waals surface area contributed by atoms with Gasteiger partial charge in [0.25, 0.3) is 0 Å². The van der Waals surface area contributed by atoms with Gasteiger partial charge < -0.3 is 10.2 Å². The van der Waals surface area contributed by atoms with Crippen molar-refractivity contribution in [3.05, 3.63) is 0 Å². The lowest BCUT2D eigenvalue weighted by molar-refractivity contribution is 0.0663. The van der Waals surface area contributed by atoms with E-state index >= 15 is 0 Å². The zero-order valence-corrected chi connectivity index (χ0v) is 6.69. The van der Waals surface area contributed by atoms with Crippen LogP contribution in [0, 0.1) is 0 Å². The third-order valence-electron chi connectivity index (χ3n) is 3.25. The van der Waals surface area contributed by atoms with E-state index in [4.69, 9.17) is 0 Å². The van der Waals surface area contributed by atoms with Crippen LogP contribution in [-0.4, -0.2) is 37.1 Å². The largest absolute Gasteiger partial charge is 0.314 e. The fourth-order valence-corrected chi connectivity index (χ4v) is 2.20. The molecule has 2 bridgehead atoms. The van der Waals surface area contributed by atoms with Gasteiger partial charge in [-0.2, -0.15) is 0 Å². The molecule has 0 aliphatic carbocycles. The Kier molecular flexibility index (Phi) is 1.46. The van der Waals surface area contributed by atoms with Crippen molar-refractivity contribution in [2.45, 2.75) is 24.8 Å². The van der Waals surface area contributed by atoms with E-state index in [2.05, 4.69) is 17.3 Å². The fourth-order valence-electron chi connectivity index (χ4n) is 2.20. The molecule has 2 nitrogen and oxygen atoms in total. The molecule has 3 fully saturated rings. The molecule has 2 heteroatoms. The van der Waals surface area contributed by atoms with E-state index in [0.29, 0.717) is 5.54 Å².